The number of ether oxygens (including phenoxy) is 1. The standard InChI is InChI=1S/C14H30N2O3S/c1-5-6-15-11-13-12-19-9-7-16(13)8-10-20(17,18)14(2,3)4/h13,15H,5-12H2,1-4H3. The minimum atomic E-state index is -3.05. The highest BCUT2D eigenvalue weighted by molar-refractivity contribution is 7.92. The van der Waals surface area contributed by atoms with Crippen molar-refractivity contribution in [2.24, 2.45) is 0 Å². The molecule has 1 aliphatic rings. The van der Waals surface area contributed by atoms with Gasteiger partial charge >= 0.3 is 0 Å². The van der Waals surface area contributed by atoms with E-state index in [0.29, 0.717) is 19.8 Å². The zero-order valence-electron chi connectivity index (χ0n) is 13.3. The number of nitrogens with one attached hydrogen (secondary N) is 1. The molecule has 1 aliphatic heterocycles. The summed E-state index contributed by atoms with van der Waals surface area (Å²) in [7, 11) is -3.05. The molecule has 0 aromatic carbocycles. The Morgan fingerprint density at radius 1 is 1.35 bits per heavy atom. The summed E-state index contributed by atoms with van der Waals surface area (Å²) in [4.78, 5) is 2.25. The molecular weight excluding hydrogens is 276 g/mol. The highest BCUT2D eigenvalue weighted by Gasteiger charge is 2.31. The van der Waals surface area contributed by atoms with E-state index in [1.807, 2.05) is 0 Å². The maximum atomic E-state index is 12.2. The molecule has 0 spiro atoms. The first-order valence-corrected chi connectivity index (χ1v) is 9.18. The highest BCUT2D eigenvalue weighted by Crippen LogP contribution is 2.17. The predicted molar refractivity (Wildman–Crippen MR) is 82.9 cm³/mol. The smallest absolute Gasteiger partial charge is 0.156 e. The zero-order valence-corrected chi connectivity index (χ0v) is 14.1. The first kappa shape index (κ1) is 17.9. The van der Waals surface area contributed by atoms with Crippen molar-refractivity contribution < 1.29 is 13.2 Å². The maximum Gasteiger partial charge on any atom is 0.156 e. The number of morpholine rings is 1. The molecule has 0 aromatic heterocycles. The SMILES string of the molecule is CCCNCC1COCCN1CCS(=O)(=O)C(C)(C)C. The summed E-state index contributed by atoms with van der Waals surface area (Å²) < 4.78 is 29.2. The topological polar surface area (TPSA) is 58.6 Å². The molecule has 1 fully saturated rings. The molecule has 0 aliphatic carbocycles. The van der Waals surface area contributed by atoms with Crippen LogP contribution in [0.3, 0.4) is 0 Å². The van der Waals surface area contributed by atoms with Crippen molar-refractivity contribution in [2.75, 3.05) is 45.1 Å². The van der Waals surface area contributed by atoms with Crippen LogP contribution in [0.4, 0.5) is 0 Å². The second-order valence-electron chi connectivity index (χ2n) is 6.40. The van der Waals surface area contributed by atoms with Crippen LogP contribution in [0, 0.1) is 0 Å². The molecule has 1 atom stereocenters. The van der Waals surface area contributed by atoms with Crippen LogP contribution in [0.1, 0.15) is 34.1 Å². The van der Waals surface area contributed by atoms with Gasteiger partial charge in [0.05, 0.1) is 23.7 Å². The van der Waals surface area contributed by atoms with Crippen molar-refractivity contribution in [3.63, 3.8) is 0 Å². The Kier molecular flexibility index (Phi) is 6.91. The average molecular weight is 306 g/mol. The lowest BCUT2D eigenvalue weighted by molar-refractivity contribution is -0.00372. The average Bonchev–Trinajstić information content (AvgIpc) is 2.36. The van der Waals surface area contributed by atoms with E-state index in [2.05, 4.69) is 17.1 Å². The molecule has 1 rings (SSSR count). The number of rotatable bonds is 7. The van der Waals surface area contributed by atoms with Gasteiger partial charge in [-0.15, -0.1) is 0 Å². The second-order valence-corrected chi connectivity index (χ2v) is 9.26. The molecular formula is C14H30N2O3S. The van der Waals surface area contributed by atoms with Crippen LogP contribution >= 0.6 is 0 Å². The van der Waals surface area contributed by atoms with Gasteiger partial charge in [0.2, 0.25) is 0 Å². The fraction of sp³-hybridized carbons (Fsp3) is 1.00. The van der Waals surface area contributed by atoms with Gasteiger partial charge in [0, 0.05) is 25.7 Å². The molecule has 6 heteroatoms. The summed E-state index contributed by atoms with van der Waals surface area (Å²) in [5.74, 6) is 0.223. The lowest BCUT2D eigenvalue weighted by Crippen LogP contribution is -2.52. The van der Waals surface area contributed by atoms with Gasteiger partial charge in [0.25, 0.3) is 0 Å². The van der Waals surface area contributed by atoms with E-state index in [4.69, 9.17) is 4.74 Å². The normalized spacial score (nSPS) is 22.1. The lowest BCUT2D eigenvalue weighted by atomic mass is 10.2. The van der Waals surface area contributed by atoms with Crippen molar-refractivity contribution in [1.29, 1.82) is 0 Å². The fourth-order valence-corrected chi connectivity index (χ4v) is 3.25. The molecule has 0 radical (unpaired) electrons. The molecule has 5 nitrogen and oxygen atoms in total. The molecule has 1 heterocycles. The largest absolute Gasteiger partial charge is 0.378 e. The van der Waals surface area contributed by atoms with E-state index in [1.165, 1.54) is 0 Å². The van der Waals surface area contributed by atoms with Crippen molar-refractivity contribution in [2.45, 2.75) is 44.9 Å². The van der Waals surface area contributed by atoms with Crippen molar-refractivity contribution in [3.8, 4) is 0 Å². The van der Waals surface area contributed by atoms with Crippen molar-refractivity contribution in [3.05, 3.63) is 0 Å². The van der Waals surface area contributed by atoms with Gasteiger partial charge in [-0.05, 0) is 33.7 Å². The van der Waals surface area contributed by atoms with Gasteiger partial charge in [-0.2, -0.15) is 0 Å². The van der Waals surface area contributed by atoms with Gasteiger partial charge in [-0.3, -0.25) is 4.90 Å². The molecule has 120 valence electrons. The van der Waals surface area contributed by atoms with Gasteiger partial charge in [0.1, 0.15) is 0 Å². The van der Waals surface area contributed by atoms with Gasteiger partial charge in [-0.25, -0.2) is 8.42 Å². The molecule has 20 heavy (non-hydrogen) atoms. The quantitative estimate of drug-likeness (QED) is 0.708. The Hall–Kier alpha value is -0.170. The lowest BCUT2D eigenvalue weighted by Gasteiger charge is -2.36. The summed E-state index contributed by atoms with van der Waals surface area (Å²) in [6.07, 6.45) is 1.10. The zero-order chi connectivity index (χ0) is 15.2. The first-order valence-electron chi connectivity index (χ1n) is 7.52. The van der Waals surface area contributed by atoms with Crippen molar-refractivity contribution >= 4 is 9.84 Å². The third-order valence-corrected chi connectivity index (χ3v) is 6.32. The van der Waals surface area contributed by atoms with Crippen LogP contribution < -0.4 is 5.32 Å². The predicted octanol–water partition coefficient (Wildman–Crippen LogP) is 0.900. The van der Waals surface area contributed by atoms with Crippen LogP contribution in [0.15, 0.2) is 0 Å². The molecule has 1 unspecified atom stereocenters. The number of hydrogen-bond donors (Lipinski definition) is 1. The molecule has 0 amide bonds. The van der Waals surface area contributed by atoms with Crippen LogP contribution in [0.25, 0.3) is 0 Å². The monoisotopic (exact) mass is 306 g/mol. The summed E-state index contributed by atoms with van der Waals surface area (Å²) >= 11 is 0. The molecule has 0 bridgehead atoms. The minimum absolute atomic E-state index is 0.223. The van der Waals surface area contributed by atoms with E-state index >= 15 is 0 Å². The molecule has 1 saturated heterocycles. The van der Waals surface area contributed by atoms with Crippen LogP contribution in [-0.4, -0.2) is 69.3 Å². The third kappa shape index (κ3) is 5.31. The summed E-state index contributed by atoms with van der Waals surface area (Å²) in [6, 6.07) is 0.283. The number of sulfone groups is 1. The van der Waals surface area contributed by atoms with E-state index in [0.717, 1.165) is 26.1 Å². The Morgan fingerprint density at radius 2 is 2.05 bits per heavy atom. The Balaban J connectivity index is 2.50. The van der Waals surface area contributed by atoms with E-state index < -0.39 is 14.6 Å². The van der Waals surface area contributed by atoms with Crippen LogP contribution in [0.2, 0.25) is 0 Å². The van der Waals surface area contributed by atoms with Gasteiger partial charge < -0.3 is 10.1 Å². The molecule has 0 saturated carbocycles. The third-order valence-electron chi connectivity index (χ3n) is 3.74. The van der Waals surface area contributed by atoms with Crippen LogP contribution in [0.5, 0.6) is 0 Å². The van der Waals surface area contributed by atoms with Crippen molar-refractivity contribution in [1.82, 2.24) is 10.2 Å². The first-order chi connectivity index (χ1) is 9.28. The summed E-state index contributed by atoms with van der Waals surface area (Å²) in [5.41, 5.74) is 0. The Labute approximate surface area is 124 Å². The summed E-state index contributed by atoms with van der Waals surface area (Å²) in [5, 5.41) is 3.39. The Bertz CT molecular complexity index is 376. The maximum absolute atomic E-state index is 12.2. The Morgan fingerprint density at radius 3 is 2.65 bits per heavy atom. The minimum Gasteiger partial charge on any atom is -0.378 e. The molecule has 0 aromatic rings. The van der Waals surface area contributed by atoms with Gasteiger partial charge in [-0.1, -0.05) is 6.92 Å². The molecule has 1 N–H and O–H groups in total. The van der Waals surface area contributed by atoms with Crippen LogP contribution in [-0.2, 0) is 14.6 Å². The van der Waals surface area contributed by atoms with Gasteiger partial charge in [0.15, 0.2) is 9.84 Å². The summed E-state index contributed by atoms with van der Waals surface area (Å²) in [6.45, 7) is 12.1. The highest BCUT2D eigenvalue weighted by atomic mass is 32.2. The fourth-order valence-electron chi connectivity index (χ4n) is 2.16. The van der Waals surface area contributed by atoms with E-state index in [1.54, 1.807) is 20.8 Å². The van der Waals surface area contributed by atoms with E-state index in [-0.39, 0.29) is 11.8 Å². The van der Waals surface area contributed by atoms with E-state index in [9.17, 15) is 8.42 Å². The second kappa shape index (κ2) is 7.73. The number of nitrogens with zero attached hydrogens (tertiary/aromatic N) is 1. The number of hydrogen-bond acceptors (Lipinski definition) is 5.